The SMILES string of the molecule is CCC(NC)C(C)N1CCN(c2cccc(OC)c2)CC1. The van der Waals surface area contributed by atoms with Crippen molar-refractivity contribution in [3.63, 3.8) is 0 Å². The first kappa shape index (κ1) is 16.1. The van der Waals surface area contributed by atoms with Crippen LogP contribution in [0, 0.1) is 0 Å². The van der Waals surface area contributed by atoms with Crippen molar-refractivity contribution in [2.24, 2.45) is 0 Å². The fraction of sp³-hybridized carbons (Fsp3) is 0.647. The number of hydrogen-bond donors (Lipinski definition) is 1. The maximum absolute atomic E-state index is 5.32. The summed E-state index contributed by atoms with van der Waals surface area (Å²) < 4.78 is 5.32. The summed E-state index contributed by atoms with van der Waals surface area (Å²) in [4.78, 5) is 5.05. The molecule has 1 aromatic carbocycles. The average molecular weight is 291 g/mol. The molecule has 4 heteroatoms. The van der Waals surface area contributed by atoms with E-state index >= 15 is 0 Å². The van der Waals surface area contributed by atoms with Gasteiger partial charge in [-0.3, -0.25) is 4.90 Å². The van der Waals surface area contributed by atoms with Gasteiger partial charge in [0.15, 0.2) is 0 Å². The van der Waals surface area contributed by atoms with E-state index in [-0.39, 0.29) is 0 Å². The summed E-state index contributed by atoms with van der Waals surface area (Å²) in [6.45, 7) is 9.00. The summed E-state index contributed by atoms with van der Waals surface area (Å²) in [5, 5.41) is 3.43. The zero-order valence-corrected chi connectivity index (χ0v) is 13.8. The van der Waals surface area contributed by atoms with Crippen molar-refractivity contribution < 1.29 is 4.74 Å². The highest BCUT2D eigenvalue weighted by atomic mass is 16.5. The molecule has 0 bridgehead atoms. The van der Waals surface area contributed by atoms with Crippen LogP contribution in [0.3, 0.4) is 0 Å². The van der Waals surface area contributed by atoms with Gasteiger partial charge in [0.1, 0.15) is 5.75 Å². The van der Waals surface area contributed by atoms with Gasteiger partial charge in [0.05, 0.1) is 7.11 Å². The van der Waals surface area contributed by atoms with Gasteiger partial charge in [0.2, 0.25) is 0 Å². The molecule has 1 aromatic rings. The molecule has 4 nitrogen and oxygen atoms in total. The van der Waals surface area contributed by atoms with Gasteiger partial charge in [-0.15, -0.1) is 0 Å². The lowest BCUT2D eigenvalue weighted by Crippen LogP contribution is -2.55. The van der Waals surface area contributed by atoms with Crippen LogP contribution in [0.5, 0.6) is 5.75 Å². The highest BCUT2D eigenvalue weighted by Crippen LogP contribution is 2.22. The van der Waals surface area contributed by atoms with Gasteiger partial charge in [0.25, 0.3) is 0 Å². The summed E-state index contributed by atoms with van der Waals surface area (Å²) >= 11 is 0. The van der Waals surface area contributed by atoms with Crippen LogP contribution in [-0.4, -0.2) is 57.3 Å². The summed E-state index contributed by atoms with van der Waals surface area (Å²) in [5.41, 5.74) is 1.27. The monoisotopic (exact) mass is 291 g/mol. The largest absolute Gasteiger partial charge is 0.497 e. The van der Waals surface area contributed by atoms with Crippen LogP contribution in [-0.2, 0) is 0 Å². The zero-order chi connectivity index (χ0) is 15.2. The molecule has 1 saturated heterocycles. The normalized spacial score (nSPS) is 19.3. The quantitative estimate of drug-likeness (QED) is 0.869. The number of likely N-dealkylation sites (N-methyl/N-ethyl adjacent to an activating group) is 1. The molecule has 0 aromatic heterocycles. The fourth-order valence-corrected chi connectivity index (χ4v) is 3.24. The van der Waals surface area contributed by atoms with Crippen molar-refractivity contribution in [2.75, 3.05) is 45.2 Å². The first-order valence-corrected chi connectivity index (χ1v) is 8.00. The smallest absolute Gasteiger partial charge is 0.120 e. The Morgan fingerprint density at radius 2 is 1.95 bits per heavy atom. The highest BCUT2D eigenvalue weighted by Gasteiger charge is 2.25. The van der Waals surface area contributed by atoms with E-state index in [4.69, 9.17) is 4.74 Å². The molecule has 1 aliphatic rings. The summed E-state index contributed by atoms with van der Waals surface area (Å²) in [6, 6.07) is 9.53. The first-order valence-electron chi connectivity index (χ1n) is 8.00. The lowest BCUT2D eigenvalue weighted by molar-refractivity contribution is 0.161. The minimum Gasteiger partial charge on any atom is -0.497 e. The number of hydrogen-bond acceptors (Lipinski definition) is 4. The highest BCUT2D eigenvalue weighted by molar-refractivity contribution is 5.51. The average Bonchev–Trinajstić information content (AvgIpc) is 2.56. The van der Waals surface area contributed by atoms with E-state index in [9.17, 15) is 0 Å². The number of ether oxygens (including phenoxy) is 1. The van der Waals surface area contributed by atoms with Gasteiger partial charge in [-0.2, -0.15) is 0 Å². The van der Waals surface area contributed by atoms with E-state index in [1.54, 1.807) is 7.11 Å². The van der Waals surface area contributed by atoms with Gasteiger partial charge in [-0.1, -0.05) is 13.0 Å². The third-order valence-electron chi connectivity index (χ3n) is 4.70. The van der Waals surface area contributed by atoms with E-state index in [1.165, 1.54) is 12.1 Å². The molecule has 2 atom stereocenters. The number of nitrogens with one attached hydrogen (secondary N) is 1. The topological polar surface area (TPSA) is 27.7 Å². The summed E-state index contributed by atoms with van der Waals surface area (Å²) in [6.07, 6.45) is 1.17. The standard InChI is InChI=1S/C17H29N3O/c1-5-17(18-3)14(2)19-9-11-20(12-10-19)15-7-6-8-16(13-15)21-4/h6-8,13-14,17-18H,5,9-12H2,1-4H3. The first-order chi connectivity index (χ1) is 10.2. The van der Waals surface area contributed by atoms with E-state index in [0.717, 1.165) is 31.9 Å². The van der Waals surface area contributed by atoms with Crippen LogP contribution in [0.25, 0.3) is 0 Å². The Bertz CT molecular complexity index is 426. The van der Waals surface area contributed by atoms with Gasteiger partial charge in [-0.25, -0.2) is 0 Å². The van der Waals surface area contributed by atoms with E-state index in [0.29, 0.717) is 12.1 Å². The Morgan fingerprint density at radius 1 is 1.24 bits per heavy atom. The van der Waals surface area contributed by atoms with Gasteiger partial charge in [0, 0.05) is 50.0 Å². The predicted molar refractivity (Wildman–Crippen MR) is 89.4 cm³/mol. The lowest BCUT2D eigenvalue weighted by Gasteiger charge is -2.41. The predicted octanol–water partition coefficient (Wildman–Crippen LogP) is 2.20. The van der Waals surface area contributed by atoms with Crippen LogP contribution in [0.15, 0.2) is 24.3 Å². The van der Waals surface area contributed by atoms with Crippen molar-refractivity contribution in [3.8, 4) is 5.75 Å². The van der Waals surface area contributed by atoms with Crippen LogP contribution >= 0.6 is 0 Å². The van der Waals surface area contributed by atoms with E-state index in [1.807, 2.05) is 6.07 Å². The second-order valence-corrected chi connectivity index (χ2v) is 5.77. The van der Waals surface area contributed by atoms with E-state index < -0.39 is 0 Å². The lowest BCUT2D eigenvalue weighted by atomic mass is 10.0. The number of piperazine rings is 1. The molecule has 0 aliphatic carbocycles. The maximum Gasteiger partial charge on any atom is 0.120 e. The Balaban J connectivity index is 1.93. The fourth-order valence-electron chi connectivity index (χ4n) is 3.24. The molecular formula is C17H29N3O. The molecular weight excluding hydrogens is 262 g/mol. The number of anilines is 1. The van der Waals surface area contributed by atoms with Crippen LogP contribution in [0.1, 0.15) is 20.3 Å². The Labute approximate surface area is 129 Å². The van der Waals surface area contributed by atoms with E-state index in [2.05, 4.69) is 54.2 Å². The minimum absolute atomic E-state index is 0.577. The molecule has 1 N–H and O–H groups in total. The summed E-state index contributed by atoms with van der Waals surface area (Å²) in [7, 11) is 3.79. The second kappa shape index (κ2) is 7.66. The molecule has 0 saturated carbocycles. The Morgan fingerprint density at radius 3 is 2.52 bits per heavy atom. The minimum atomic E-state index is 0.577. The zero-order valence-electron chi connectivity index (χ0n) is 13.8. The van der Waals surface area contributed by atoms with Crippen molar-refractivity contribution in [3.05, 3.63) is 24.3 Å². The van der Waals surface area contributed by atoms with Crippen molar-refractivity contribution in [1.29, 1.82) is 0 Å². The Hall–Kier alpha value is -1.26. The summed E-state index contributed by atoms with van der Waals surface area (Å²) in [5.74, 6) is 0.935. The molecule has 2 rings (SSSR count). The third-order valence-corrected chi connectivity index (χ3v) is 4.70. The maximum atomic E-state index is 5.32. The van der Waals surface area contributed by atoms with Gasteiger partial charge < -0.3 is 15.0 Å². The second-order valence-electron chi connectivity index (χ2n) is 5.77. The molecule has 1 fully saturated rings. The Kier molecular flexibility index (Phi) is 5.88. The number of benzene rings is 1. The molecule has 2 unspecified atom stereocenters. The molecule has 0 spiro atoms. The molecule has 21 heavy (non-hydrogen) atoms. The third kappa shape index (κ3) is 3.89. The van der Waals surface area contributed by atoms with Crippen molar-refractivity contribution in [2.45, 2.75) is 32.4 Å². The molecule has 1 heterocycles. The molecule has 118 valence electrons. The number of methoxy groups -OCH3 is 1. The van der Waals surface area contributed by atoms with Gasteiger partial charge >= 0.3 is 0 Å². The van der Waals surface area contributed by atoms with Crippen molar-refractivity contribution in [1.82, 2.24) is 10.2 Å². The van der Waals surface area contributed by atoms with Crippen LogP contribution in [0.2, 0.25) is 0 Å². The number of nitrogens with zero attached hydrogens (tertiary/aromatic N) is 2. The number of rotatable bonds is 6. The molecule has 1 aliphatic heterocycles. The van der Waals surface area contributed by atoms with Crippen molar-refractivity contribution >= 4 is 5.69 Å². The molecule has 0 amide bonds. The van der Waals surface area contributed by atoms with Gasteiger partial charge in [-0.05, 0) is 32.5 Å². The van der Waals surface area contributed by atoms with Crippen LogP contribution in [0.4, 0.5) is 5.69 Å². The molecule has 0 radical (unpaired) electrons. The van der Waals surface area contributed by atoms with Crippen LogP contribution < -0.4 is 15.0 Å².